The standard InChI is InChI=1S/C19H23N3O2/c1-14-7-12-18(20-13-14)24-17-10-8-16(9-11-17)22-19(23)21-15-5-3-2-4-6-15/h2-7,12-13,16-17H,8-11H2,1H3,(H2,21,22,23). The Balaban J connectivity index is 1.41. The molecule has 5 heteroatoms. The fourth-order valence-corrected chi connectivity index (χ4v) is 2.89. The van der Waals surface area contributed by atoms with Crippen molar-refractivity contribution in [3.8, 4) is 5.88 Å². The molecule has 2 aromatic rings. The van der Waals surface area contributed by atoms with E-state index in [-0.39, 0.29) is 18.2 Å². The molecule has 5 nitrogen and oxygen atoms in total. The number of ether oxygens (including phenoxy) is 1. The van der Waals surface area contributed by atoms with Crippen molar-refractivity contribution < 1.29 is 9.53 Å². The number of aromatic nitrogens is 1. The number of carbonyl (C=O) groups is 1. The molecule has 2 N–H and O–H groups in total. The van der Waals surface area contributed by atoms with E-state index in [0.29, 0.717) is 5.88 Å². The monoisotopic (exact) mass is 325 g/mol. The van der Waals surface area contributed by atoms with E-state index in [0.717, 1.165) is 36.9 Å². The molecule has 0 radical (unpaired) electrons. The molecule has 24 heavy (non-hydrogen) atoms. The zero-order chi connectivity index (χ0) is 16.8. The van der Waals surface area contributed by atoms with Crippen molar-refractivity contribution in [2.45, 2.75) is 44.8 Å². The maximum absolute atomic E-state index is 12.0. The Labute approximate surface area is 142 Å². The van der Waals surface area contributed by atoms with Gasteiger partial charge in [-0.1, -0.05) is 24.3 Å². The van der Waals surface area contributed by atoms with Gasteiger partial charge in [-0.15, -0.1) is 0 Å². The molecule has 1 fully saturated rings. The van der Waals surface area contributed by atoms with Crippen molar-refractivity contribution in [1.29, 1.82) is 0 Å². The summed E-state index contributed by atoms with van der Waals surface area (Å²) in [6, 6.07) is 13.4. The van der Waals surface area contributed by atoms with E-state index >= 15 is 0 Å². The third kappa shape index (κ3) is 4.72. The van der Waals surface area contributed by atoms with E-state index in [1.807, 2.05) is 55.6 Å². The van der Waals surface area contributed by atoms with Crippen molar-refractivity contribution in [2.24, 2.45) is 0 Å². The number of nitrogens with one attached hydrogen (secondary N) is 2. The first-order chi connectivity index (χ1) is 11.7. The van der Waals surface area contributed by atoms with Crippen LogP contribution in [-0.4, -0.2) is 23.2 Å². The number of pyridine rings is 1. The van der Waals surface area contributed by atoms with Gasteiger partial charge < -0.3 is 15.4 Å². The zero-order valence-corrected chi connectivity index (χ0v) is 13.9. The predicted molar refractivity (Wildman–Crippen MR) is 94.2 cm³/mol. The van der Waals surface area contributed by atoms with Crippen LogP contribution in [0.2, 0.25) is 0 Å². The fourth-order valence-electron chi connectivity index (χ4n) is 2.89. The Bertz CT molecular complexity index is 650. The molecule has 0 aliphatic heterocycles. The van der Waals surface area contributed by atoms with Crippen LogP contribution in [0, 0.1) is 6.92 Å². The first kappa shape index (κ1) is 16.3. The van der Waals surface area contributed by atoms with Crippen LogP contribution >= 0.6 is 0 Å². The lowest BCUT2D eigenvalue weighted by Gasteiger charge is -2.29. The summed E-state index contributed by atoms with van der Waals surface area (Å²) in [5, 5.41) is 5.89. The molecule has 1 aliphatic rings. The van der Waals surface area contributed by atoms with Crippen LogP contribution in [0.25, 0.3) is 0 Å². The first-order valence-corrected chi connectivity index (χ1v) is 8.41. The van der Waals surface area contributed by atoms with E-state index in [9.17, 15) is 4.79 Å². The van der Waals surface area contributed by atoms with E-state index in [4.69, 9.17) is 4.74 Å². The smallest absolute Gasteiger partial charge is 0.319 e. The normalized spacial score (nSPS) is 20.2. The van der Waals surface area contributed by atoms with Gasteiger partial charge in [-0.25, -0.2) is 9.78 Å². The summed E-state index contributed by atoms with van der Waals surface area (Å²) < 4.78 is 5.92. The molecule has 2 amide bonds. The third-order valence-electron chi connectivity index (χ3n) is 4.21. The van der Waals surface area contributed by atoms with Crippen LogP contribution in [-0.2, 0) is 0 Å². The number of nitrogens with zero attached hydrogens (tertiary/aromatic N) is 1. The number of carbonyl (C=O) groups excluding carboxylic acids is 1. The van der Waals surface area contributed by atoms with E-state index in [2.05, 4.69) is 15.6 Å². The summed E-state index contributed by atoms with van der Waals surface area (Å²) in [5.41, 5.74) is 1.93. The average molecular weight is 325 g/mol. The van der Waals surface area contributed by atoms with Crippen LogP contribution in [0.1, 0.15) is 31.2 Å². The van der Waals surface area contributed by atoms with Crippen molar-refractivity contribution in [1.82, 2.24) is 10.3 Å². The van der Waals surface area contributed by atoms with Gasteiger partial charge in [0.05, 0.1) is 0 Å². The van der Waals surface area contributed by atoms with Gasteiger partial charge >= 0.3 is 6.03 Å². The number of benzene rings is 1. The number of urea groups is 1. The quantitative estimate of drug-likeness (QED) is 0.896. The predicted octanol–water partition coefficient (Wildman–Crippen LogP) is 3.90. The second-order valence-electron chi connectivity index (χ2n) is 6.23. The zero-order valence-electron chi connectivity index (χ0n) is 13.9. The van der Waals surface area contributed by atoms with Crippen LogP contribution in [0.4, 0.5) is 10.5 Å². The van der Waals surface area contributed by atoms with Crippen molar-refractivity contribution in [2.75, 3.05) is 5.32 Å². The summed E-state index contributed by atoms with van der Waals surface area (Å²) >= 11 is 0. The Hall–Kier alpha value is -2.56. The topological polar surface area (TPSA) is 63.2 Å². The number of rotatable bonds is 4. The molecule has 126 valence electrons. The molecular formula is C19H23N3O2. The van der Waals surface area contributed by atoms with Crippen molar-refractivity contribution in [3.05, 3.63) is 54.2 Å². The number of hydrogen-bond acceptors (Lipinski definition) is 3. The lowest BCUT2D eigenvalue weighted by molar-refractivity contribution is 0.135. The highest BCUT2D eigenvalue weighted by Crippen LogP contribution is 2.23. The minimum atomic E-state index is -0.147. The Morgan fingerprint density at radius 2 is 1.83 bits per heavy atom. The maximum atomic E-state index is 12.0. The highest BCUT2D eigenvalue weighted by Gasteiger charge is 2.23. The molecule has 0 spiro atoms. The number of para-hydroxylation sites is 1. The fraction of sp³-hybridized carbons (Fsp3) is 0.368. The number of amides is 2. The van der Waals surface area contributed by atoms with Gasteiger partial charge in [0.15, 0.2) is 0 Å². The maximum Gasteiger partial charge on any atom is 0.319 e. The number of anilines is 1. The van der Waals surface area contributed by atoms with Crippen LogP contribution < -0.4 is 15.4 Å². The lowest BCUT2D eigenvalue weighted by Crippen LogP contribution is -2.41. The van der Waals surface area contributed by atoms with Crippen LogP contribution in [0.15, 0.2) is 48.7 Å². The van der Waals surface area contributed by atoms with Crippen molar-refractivity contribution in [3.63, 3.8) is 0 Å². The lowest BCUT2D eigenvalue weighted by atomic mass is 9.93. The summed E-state index contributed by atoms with van der Waals surface area (Å²) in [5.74, 6) is 0.679. The second-order valence-corrected chi connectivity index (χ2v) is 6.23. The van der Waals surface area contributed by atoms with Crippen molar-refractivity contribution >= 4 is 11.7 Å². The molecule has 1 aromatic carbocycles. The highest BCUT2D eigenvalue weighted by molar-refractivity contribution is 5.89. The molecule has 1 saturated carbocycles. The molecule has 0 saturated heterocycles. The first-order valence-electron chi connectivity index (χ1n) is 8.41. The summed E-state index contributed by atoms with van der Waals surface area (Å²) in [4.78, 5) is 16.3. The van der Waals surface area contributed by atoms with Gasteiger partial charge in [-0.05, 0) is 50.3 Å². The molecular weight excluding hydrogens is 302 g/mol. The summed E-state index contributed by atoms with van der Waals surface area (Å²) in [6.07, 6.45) is 5.67. The molecule has 1 aromatic heterocycles. The Morgan fingerprint density at radius 3 is 2.50 bits per heavy atom. The van der Waals surface area contributed by atoms with E-state index in [1.54, 1.807) is 0 Å². The summed E-state index contributed by atoms with van der Waals surface area (Å²) in [7, 11) is 0. The van der Waals surface area contributed by atoms with Gasteiger partial charge in [-0.3, -0.25) is 0 Å². The molecule has 3 rings (SSSR count). The molecule has 0 atom stereocenters. The minimum Gasteiger partial charge on any atom is -0.474 e. The van der Waals surface area contributed by atoms with Crippen LogP contribution in [0.5, 0.6) is 5.88 Å². The average Bonchev–Trinajstić information content (AvgIpc) is 2.59. The largest absolute Gasteiger partial charge is 0.474 e. The molecule has 1 heterocycles. The molecule has 1 aliphatic carbocycles. The second kappa shape index (κ2) is 7.81. The Morgan fingerprint density at radius 1 is 1.08 bits per heavy atom. The number of aryl methyl sites for hydroxylation is 1. The van der Waals surface area contributed by atoms with E-state index in [1.165, 1.54) is 0 Å². The summed E-state index contributed by atoms with van der Waals surface area (Å²) in [6.45, 7) is 2.01. The highest BCUT2D eigenvalue weighted by atomic mass is 16.5. The molecule has 0 unspecified atom stereocenters. The van der Waals surface area contributed by atoms with E-state index < -0.39 is 0 Å². The number of hydrogen-bond donors (Lipinski definition) is 2. The van der Waals surface area contributed by atoms with Gasteiger partial charge in [0, 0.05) is 24.0 Å². The van der Waals surface area contributed by atoms with Gasteiger partial charge in [-0.2, -0.15) is 0 Å². The molecule has 0 bridgehead atoms. The van der Waals surface area contributed by atoms with Gasteiger partial charge in [0.25, 0.3) is 0 Å². The SMILES string of the molecule is Cc1ccc(OC2CCC(NC(=O)Nc3ccccc3)CC2)nc1. The Kier molecular flexibility index (Phi) is 5.31. The third-order valence-corrected chi connectivity index (χ3v) is 4.21. The van der Waals surface area contributed by atoms with Gasteiger partial charge in [0.2, 0.25) is 5.88 Å². The van der Waals surface area contributed by atoms with Gasteiger partial charge in [0.1, 0.15) is 6.10 Å². The van der Waals surface area contributed by atoms with Crippen LogP contribution in [0.3, 0.4) is 0 Å². The minimum absolute atomic E-state index is 0.147.